The molecule has 0 aliphatic carbocycles. The Morgan fingerprint density at radius 2 is 1.07 bits per heavy atom. The van der Waals surface area contributed by atoms with Crippen LogP contribution in [0, 0.1) is 0 Å². The van der Waals surface area contributed by atoms with Gasteiger partial charge in [0.15, 0.2) is 0 Å². The van der Waals surface area contributed by atoms with Gasteiger partial charge in [-0.2, -0.15) is 0 Å². The van der Waals surface area contributed by atoms with Gasteiger partial charge in [-0.05, 0) is 110 Å². The van der Waals surface area contributed by atoms with Crippen molar-refractivity contribution in [3.05, 3.63) is 31.4 Å². The molecular weight excluding hydrogens is 695 g/mol. The molecule has 7 nitrogen and oxygen atoms in total. The summed E-state index contributed by atoms with van der Waals surface area (Å²) in [6, 6.07) is 0. The fraction of sp³-hybridized carbons (Fsp3) is 0.857. The van der Waals surface area contributed by atoms with Gasteiger partial charge >= 0.3 is 11.9 Å². The SMILES string of the molecule is C=CCCCCCCC(CCCCCCCC)OC(=O)CCCCCCCN(CCCCCCCC(=O)OC(C)CCCCCCCC)CCCn1ccnc1. The predicted octanol–water partition coefficient (Wildman–Crippen LogP) is 14.1. The maximum absolute atomic E-state index is 12.8. The number of imidazole rings is 1. The Labute approximate surface area is 346 Å². The third kappa shape index (κ3) is 33.9. The standard InChI is InChI=1S/C49H91N3O4/c1-5-8-11-14-19-26-34-46(4)55-48(53)37-29-22-17-24-31-40-51(42-33-43-52-44-39-50-45-52)41-32-25-18-23-30-38-49(54)56-47(35-27-20-15-12-9-6-2)36-28-21-16-13-10-7-3/h6,39,44-47H,2,5,7-38,40-43H2,1,3-4H3. The minimum Gasteiger partial charge on any atom is -0.463 e. The molecule has 1 aromatic heterocycles. The Hall–Kier alpha value is -2.15. The topological polar surface area (TPSA) is 73.7 Å². The first-order chi connectivity index (χ1) is 27.5. The van der Waals surface area contributed by atoms with Crippen LogP contribution in [0.2, 0.25) is 0 Å². The number of hydrogen-bond acceptors (Lipinski definition) is 6. The fourth-order valence-corrected chi connectivity index (χ4v) is 7.73. The van der Waals surface area contributed by atoms with Gasteiger partial charge in [-0.25, -0.2) is 4.98 Å². The second-order valence-electron chi connectivity index (χ2n) is 16.8. The Morgan fingerprint density at radius 1 is 0.607 bits per heavy atom. The zero-order valence-corrected chi connectivity index (χ0v) is 37.3. The lowest BCUT2D eigenvalue weighted by atomic mass is 10.0. The third-order valence-corrected chi connectivity index (χ3v) is 11.3. The van der Waals surface area contributed by atoms with Gasteiger partial charge in [-0.3, -0.25) is 9.59 Å². The first-order valence-corrected chi connectivity index (χ1v) is 24.2. The van der Waals surface area contributed by atoms with E-state index in [0.29, 0.717) is 12.8 Å². The van der Waals surface area contributed by atoms with Crippen LogP contribution in [-0.4, -0.2) is 58.2 Å². The first-order valence-electron chi connectivity index (χ1n) is 24.2. The van der Waals surface area contributed by atoms with Crippen molar-refractivity contribution in [3.8, 4) is 0 Å². The molecule has 0 bridgehead atoms. The van der Waals surface area contributed by atoms with Gasteiger partial charge < -0.3 is 18.9 Å². The highest BCUT2D eigenvalue weighted by Gasteiger charge is 2.15. The number of hydrogen-bond donors (Lipinski definition) is 0. The van der Waals surface area contributed by atoms with Crippen molar-refractivity contribution in [1.29, 1.82) is 0 Å². The molecule has 326 valence electrons. The molecule has 56 heavy (non-hydrogen) atoms. The number of ether oxygens (including phenoxy) is 2. The van der Waals surface area contributed by atoms with Crippen molar-refractivity contribution >= 4 is 11.9 Å². The van der Waals surface area contributed by atoms with Crippen LogP contribution < -0.4 is 0 Å². The first kappa shape index (κ1) is 51.9. The van der Waals surface area contributed by atoms with Crippen molar-refractivity contribution in [1.82, 2.24) is 14.5 Å². The molecule has 0 aromatic carbocycles. The van der Waals surface area contributed by atoms with E-state index in [-0.39, 0.29) is 24.1 Å². The van der Waals surface area contributed by atoms with Crippen molar-refractivity contribution in [2.45, 2.75) is 251 Å². The minimum atomic E-state index is -0.0172. The van der Waals surface area contributed by atoms with Crippen molar-refractivity contribution in [2.24, 2.45) is 0 Å². The smallest absolute Gasteiger partial charge is 0.306 e. The summed E-state index contributed by atoms with van der Waals surface area (Å²) in [7, 11) is 0. The van der Waals surface area contributed by atoms with Crippen molar-refractivity contribution < 1.29 is 19.1 Å². The van der Waals surface area contributed by atoms with Crippen molar-refractivity contribution in [3.63, 3.8) is 0 Å². The molecule has 0 fully saturated rings. The van der Waals surface area contributed by atoms with Crippen LogP contribution in [0.3, 0.4) is 0 Å². The molecule has 0 saturated heterocycles. The normalized spacial score (nSPS) is 12.6. The number of aryl methyl sites for hydroxylation is 1. The molecule has 0 radical (unpaired) electrons. The van der Waals surface area contributed by atoms with Crippen LogP contribution in [0.5, 0.6) is 0 Å². The predicted molar refractivity (Wildman–Crippen MR) is 238 cm³/mol. The van der Waals surface area contributed by atoms with Crippen LogP contribution >= 0.6 is 0 Å². The molecule has 0 aliphatic heterocycles. The Bertz CT molecular complexity index is 1000. The average Bonchev–Trinajstić information content (AvgIpc) is 3.71. The van der Waals surface area contributed by atoms with E-state index in [1.807, 2.05) is 25.5 Å². The number of carbonyl (C=O) groups is 2. The van der Waals surface area contributed by atoms with Crippen LogP contribution in [0.15, 0.2) is 31.4 Å². The van der Waals surface area contributed by atoms with Crippen LogP contribution in [0.1, 0.15) is 233 Å². The fourth-order valence-electron chi connectivity index (χ4n) is 7.73. The van der Waals surface area contributed by atoms with Gasteiger partial charge in [0.2, 0.25) is 0 Å². The van der Waals surface area contributed by atoms with Crippen LogP contribution in [0.25, 0.3) is 0 Å². The number of allylic oxidation sites excluding steroid dienone is 1. The number of carbonyl (C=O) groups excluding carboxylic acids is 2. The minimum absolute atomic E-state index is 0.0172. The van der Waals surface area contributed by atoms with Crippen molar-refractivity contribution in [2.75, 3.05) is 19.6 Å². The van der Waals surface area contributed by atoms with E-state index in [0.717, 1.165) is 96.8 Å². The largest absolute Gasteiger partial charge is 0.463 e. The molecule has 0 N–H and O–H groups in total. The van der Waals surface area contributed by atoms with E-state index < -0.39 is 0 Å². The second kappa shape index (κ2) is 39.7. The van der Waals surface area contributed by atoms with E-state index in [1.54, 1.807) is 0 Å². The van der Waals surface area contributed by atoms with Gasteiger partial charge in [0, 0.05) is 31.8 Å². The van der Waals surface area contributed by atoms with Gasteiger partial charge in [0.1, 0.15) is 6.10 Å². The molecule has 7 heteroatoms. The highest BCUT2D eigenvalue weighted by Crippen LogP contribution is 2.19. The van der Waals surface area contributed by atoms with E-state index >= 15 is 0 Å². The van der Waals surface area contributed by atoms with E-state index in [4.69, 9.17) is 9.47 Å². The molecule has 2 atom stereocenters. The Balaban J connectivity index is 2.27. The highest BCUT2D eigenvalue weighted by atomic mass is 16.5. The highest BCUT2D eigenvalue weighted by molar-refractivity contribution is 5.69. The van der Waals surface area contributed by atoms with E-state index in [2.05, 4.69) is 41.1 Å². The van der Waals surface area contributed by atoms with Gasteiger partial charge in [-0.15, -0.1) is 6.58 Å². The zero-order chi connectivity index (χ0) is 40.6. The summed E-state index contributed by atoms with van der Waals surface area (Å²) >= 11 is 0. The molecule has 2 unspecified atom stereocenters. The van der Waals surface area contributed by atoms with E-state index in [1.165, 1.54) is 128 Å². The summed E-state index contributed by atoms with van der Waals surface area (Å²) < 4.78 is 13.9. The molecule has 1 heterocycles. The molecule has 0 spiro atoms. The molecule has 0 aliphatic rings. The molecule has 0 saturated carbocycles. The zero-order valence-electron chi connectivity index (χ0n) is 37.3. The second-order valence-corrected chi connectivity index (χ2v) is 16.8. The van der Waals surface area contributed by atoms with Gasteiger partial charge in [0.05, 0.1) is 12.4 Å². The summed E-state index contributed by atoms with van der Waals surface area (Å²) in [5, 5.41) is 0. The third-order valence-electron chi connectivity index (χ3n) is 11.3. The van der Waals surface area contributed by atoms with Crippen LogP contribution in [0.4, 0.5) is 0 Å². The van der Waals surface area contributed by atoms with E-state index in [9.17, 15) is 9.59 Å². The molecule has 0 amide bonds. The number of rotatable bonds is 43. The number of esters is 2. The maximum Gasteiger partial charge on any atom is 0.306 e. The Morgan fingerprint density at radius 3 is 1.61 bits per heavy atom. The quantitative estimate of drug-likeness (QED) is 0.0373. The molecule has 1 aromatic rings. The number of unbranched alkanes of at least 4 members (excludes halogenated alkanes) is 22. The lowest BCUT2D eigenvalue weighted by Gasteiger charge is -2.22. The summed E-state index contributed by atoms with van der Waals surface area (Å²) in [4.78, 5) is 32.0. The lowest BCUT2D eigenvalue weighted by Crippen LogP contribution is -2.28. The Kier molecular flexibility index (Phi) is 36.7. The number of aromatic nitrogens is 2. The summed E-state index contributed by atoms with van der Waals surface area (Å²) in [5.41, 5.74) is 0. The summed E-state index contributed by atoms with van der Waals surface area (Å²) in [6.07, 6.45) is 45.8. The average molecular weight is 786 g/mol. The number of nitrogens with zero attached hydrogens (tertiary/aromatic N) is 3. The van der Waals surface area contributed by atoms with Gasteiger partial charge in [-0.1, -0.05) is 135 Å². The molecule has 1 rings (SSSR count). The summed E-state index contributed by atoms with van der Waals surface area (Å²) in [5.74, 6) is 0.00138. The van der Waals surface area contributed by atoms with Crippen LogP contribution in [-0.2, 0) is 25.6 Å². The lowest BCUT2D eigenvalue weighted by molar-refractivity contribution is -0.150. The summed E-state index contributed by atoms with van der Waals surface area (Å²) in [6.45, 7) is 14.8. The monoisotopic (exact) mass is 786 g/mol. The molecular formula is C49H91N3O4. The van der Waals surface area contributed by atoms with Gasteiger partial charge in [0.25, 0.3) is 0 Å². The maximum atomic E-state index is 12.8.